The van der Waals surface area contributed by atoms with Crippen LogP contribution in [0, 0.1) is 11.3 Å². The minimum absolute atomic E-state index is 0.0199. The zero-order valence-electron chi connectivity index (χ0n) is 13.1. The molecule has 1 aromatic carbocycles. The summed E-state index contributed by atoms with van der Waals surface area (Å²) >= 11 is 1.63. The van der Waals surface area contributed by atoms with Crippen LogP contribution in [0.2, 0.25) is 0 Å². The van der Waals surface area contributed by atoms with Crippen LogP contribution in [0.25, 0.3) is 0 Å². The molecule has 2 heterocycles. The van der Waals surface area contributed by atoms with E-state index in [0.717, 1.165) is 5.75 Å². The molecule has 1 amide bonds. The second-order valence-electron chi connectivity index (χ2n) is 5.51. The Labute approximate surface area is 145 Å². The smallest absolute Gasteiger partial charge is 0.232 e. The quantitative estimate of drug-likeness (QED) is 0.809. The Bertz CT molecular complexity index is 722. The number of hydrogen-bond donors (Lipinski definition) is 0. The predicted octanol–water partition coefficient (Wildman–Crippen LogP) is 2.48. The molecule has 3 rings (SSSR count). The van der Waals surface area contributed by atoms with Crippen molar-refractivity contribution in [2.45, 2.75) is 11.9 Å². The molecule has 24 heavy (non-hydrogen) atoms. The van der Waals surface area contributed by atoms with Gasteiger partial charge in [-0.15, -0.1) is 11.8 Å². The zero-order valence-corrected chi connectivity index (χ0v) is 13.9. The highest BCUT2D eigenvalue weighted by Gasteiger charge is 2.32. The molecule has 1 aromatic heterocycles. The summed E-state index contributed by atoms with van der Waals surface area (Å²) in [4.78, 5) is 18.0. The van der Waals surface area contributed by atoms with Crippen molar-refractivity contribution < 1.29 is 9.53 Å². The van der Waals surface area contributed by atoms with Crippen molar-refractivity contribution in [3.05, 3.63) is 59.8 Å². The molecular formula is C18H17N3O2S. The summed E-state index contributed by atoms with van der Waals surface area (Å²) in [5.41, 5.74) is 1.73. The molecule has 0 atom stereocenters. The van der Waals surface area contributed by atoms with Gasteiger partial charge in [0.05, 0.1) is 24.4 Å². The molecule has 5 nitrogen and oxygen atoms in total. The average molecular weight is 339 g/mol. The van der Waals surface area contributed by atoms with E-state index >= 15 is 0 Å². The summed E-state index contributed by atoms with van der Waals surface area (Å²) < 4.78 is 5.68. The Hall–Kier alpha value is -2.52. The monoisotopic (exact) mass is 339 g/mol. The molecule has 122 valence electrons. The van der Waals surface area contributed by atoms with Gasteiger partial charge in [-0.05, 0) is 11.6 Å². The number of hydrogen-bond acceptors (Lipinski definition) is 5. The van der Waals surface area contributed by atoms with Gasteiger partial charge in [0.25, 0.3) is 0 Å². The van der Waals surface area contributed by atoms with Gasteiger partial charge in [-0.3, -0.25) is 4.79 Å². The molecule has 0 saturated carbocycles. The molecule has 0 unspecified atom stereocenters. The van der Waals surface area contributed by atoms with E-state index in [4.69, 9.17) is 10.00 Å². The summed E-state index contributed by atoms with van der Waals surface area (Å²) in [6.45, 7) is 1.18. The van der Waals surface area contributed by atoms with Gasteiger partial charge >= 0.3 is 0 Å². The maximum Gasteiger partial charge on any atom is 0.232 e. The Morgan fingerprint density at radius 3 is 2.75 bits per heavy atom. The molecule has 1 aliphatic heterocycles. The molecule has 0 N–H and O–H groups in total. The van der Waals surface area contributed by atoms with Gasteiger partial charge in [-0.1, -0.05) is 30.3 Å². The lowest BCUT2D eigenvalue weighted by molar-refractivity contribution is -0.137. The lowest BCUT2D eigenvalue weighted by Crippen LogP contribution is -2.56. The average Bonchev–Trinajstić information content (AvgIpc) is 2.59. The van der Waals surface area contributed by atoms with Crippen LogP contribution in [0.15, 0.2) is 48.7 Å². The number of nitriles is 1. The zero-order chi connectivity index (χ0) is 16.8. The third kappa shape index (κ3) is 4.27. The SMILES string of the molecule is N#Cc1ccc(OC2CN(C(=O)CSCc3ccccc3)C2)nc1. The van der Waals surface area contributed by atoms with Crippen LogP contribution in [0.3, 0.4) is 0 Å². The number of likely N-dealkylation sites (tertiary alicyclic amines) is 1. The van der Waals surface area contributed by atoms with Gasteiger partial charge in [-0.25, -0.2) is 4.98 Å². The maximum absolute atomic E-state index is 12.1. The van der Waals surface area contributed by atoms with Crippen LogP contribution in [-0.4, -0.2) is 40.7 Å². The van der Waals surface area contributed by atoms with Gasteiger partial charge in [0.15, 0.2) is 0 Å². The van der Waals surface area contributed by atoms with Crippen molar-refractivity contribution in [2.24, 2.45) is 0 Å². The molecule has 1 fully saturated rings. The fourth-order valence-electron chi connectivity index (χ4n) is 2.32. The van der Waals surface area contributed by atoms with Gasteiger partial charge in [-0.2, -0.15) is 5.26 Å². The Balaban J connectivity index is 1.36. The minimum atomic E-state index is -0.0199. The van der Waals surface area contributed by atoms with Crippen LogP contribution in [0.5, 0.6) is 5.88 Å². The highest BCUT2D eigenvalue weighted by Crippen LogP contribution is 2.18. The number of amides is 1. The van der Waals surface area contributed by atoms with E-state index in [2.05, 4.69) is 17.1 Å². The lowest BCUT2D eigenvalue weighted by Gasteiger charge is -2.38. The van der Waals surface area contributed by atoms with Crippen LogP contribution in [0.1, 0.15) is 11.1 Å². The van der Waals surface area contributed by atoms with Crippen molar-refractivity contribution in [3.8, 4) is 11.9 Å². The summed E-state index contributed by atoms with van der Waals surface area (Å²) in [5, 5.41) is 8.73. The Kier molecular flexibility index (Phi) is 5.34. The number of carbonyl (C=O) groups excluding carboxylic acids is 1. The van der Waals surface area contributed by atoms with E-state index in [0.29, 0.717) is 30.3 Å². The number of benzene rings is 1. The molecule has 1 saturated heterocycles. The number of carbonyl (C=O) groups is 1. The standard InChI is InChI=1S/C18H17N3O2S/c19-8-15-6-7-17(20-9-15)23-16-10-21(11-16)18(22)13-24-12-14-4-2-1-3-5-14/h1-7,9,16H,10-13H2. The number of rotatable bonds is 6. The molecule has 1 aliphatic rings. The summed E-state index contributed by atoms with van der Waals surface area (Å²) in [6, 6.07) is 15.5. The van der Waals surface area contributed by atoms with Gasteiger partial charge in [0.1, 0.15) is 12.2 Å². The molecule has 0 radical (unpaired) electrons. The maximum atomic E-state index is 12.1. The molecule has 0 spiro atoms. The number of thioether (sulfide) groups is 1. The third-order valence-electron chi connectivity index (χ3n) is 3.69. The van der Waals surface area contributed by atoms with E-state index in [1.54, 1.807) is 28.8 Å². The fraction of sp³-hybridized carbons (Fsp3) is 0.278. The Morgan fingerprint density at radius 1 is 1.29 bits per heavy atom. The van der Waals surface area contributed by atoms with Crippen molar-refractivity contribution >= 4 is 17.7 Å². The minimum Gasteiger partial charge on any atom is -0.471 e. The first kappa shape index (κ1) is 16.3. The molecule has 0 aliphatic carbocycles. The topological polar surface area (TPSA) is 66.2 Å². The highest BCUT2D eigenvalue weighted by molar-refractivity contribution is 7.99. The van der Waals surface area contributed by atoms with E-state index in [1.165, 1.54) is 11.8 Å². The van der Waals surface area contributed by atoms with Crippen LogP contribution >= 0.6 is 11.8 Å². The number of nitrogens with zero attached hydrogens (tertiary/aromatic N) is 3. The third-order valence-corrected chi connectivity index (χ3v) is 4.68. The van der Waals surface area contributed by atoms with Gasteiger partial charge in [0, 0.05) is 18.0 Å². The van der Waals surface area contributed by atoms with E-state index in [1.807, 2.05) is 24.3 Å². The van der Waals surface area contributed by atoms with E-state index in [9.17, 15) is 4.79 Å². The van der Waals surface area contributed by atoms with Gasteiger partial charge in [0.2, 0.25) is 11.8 Å². The first-order valence-corrected chi connectivity index (χ1v) is 8.82. The van der Waals surface area contributed by atoms with Crippen LogP contribution in [-0.2, 0) is 10.5 Å². The number of aromatic nitrogens is 1. The summed E-state index contributed by atoms with van der Waals surface area (Å²) in [5.74, 6) is 1.96. The van der Waals surface area contributed by atoms with Crippen molar-refractivity contribution in [2.75, 3.05) is 18.8 Å². The van der Waals surface area contributed by atoms with Crippen molar-refractivity contribution in [3.63, 3.8) is 0 Å². The molecular weight excluding hydrogens is 322 g/mol. The van der Waals surface area contributed by atoms with Crippen LogP contribution < -0.4 is 4.74 Å². The summed E-state index contributed by atoms with van der Waals surface area (Å²) in [7, 11) is 0. The molecule has 6 heteroatoms. The highest BCUT2D eigenvalue weighted by atomic mass is 32.2. The molecule has 2 aromatic rings. The summed E-state index contributed by atoms with van der Waals surface area (Å²) in [6.07, 6.45) is 1.46. The number of ether oxygens (including phenoxy) is 1. The van der Waals surface area contributed by atoms with Gasteiger partial charge < -0.3 is 9.64 Å². The lowest BCUT2D eigenvalue weighted by atomic mass is 10.1. The van der Waals surface area contributed by atoms with Crippen LogP contribution in [0.4, 0.5) is 0 Å². The molecule has 0 bridgehead atoms. The number of pyridine rings is 1. The fourth-order valence-corrected chi connectivity index (χ4v) is 3.21. The second kappa shape index (κ2) is 7.84. The second-order valence-corrected chi connectivity index (χ2v) is 6.50. The van der Waals surface area contributed by atoms with E-state index < -0.39 is 0 Å². The first-order chi connectivity index (χ1) is 11.7. The first-order valence-electron chi connectivity index (χ1n) is 7.67. The van der Waals surface area contributed by atoms with Crippen molar-refractivity contribution in [1.82, 2.24) is 9.88 Å². The normalized spacial score (nSPS) is 13.9. The van der Waals surface area contributed by atoms with E-state index in [-0.39, 0.29) is 12.0 Å². The Morgan fingerprint density at radius 2 is 2.08 bits per heavy atom. The predicted molar refractivity (Wildman–Crippen MR) is 92.6 cm³/mol. The van der Waals surface area contributed by atoms with Crippen molar-refractivity contribution in [1.29, 1.82) is 5.26 Å². The largest absolute Gasteiger partial charge is 0.471 e.